The van der Waals surface area contributed by atoms with Crippen LogP contribution >= 0.6 is 11.8 Å². The Morgan fingerprint density at radius 1 is 1.21 bits per heavy atom. The number of alkyl halides is 3. The van der Waals surface area contributed by atoms with E-state index >= 15 is 0 Å². The molecule has 0 unspecified atom stereocenters. The first kappa shape index (κ1) is 20.7. The fourth-order valence-corrected chi connectivity index (χ4v) is 3.41. The van der Waals surface area contributed by atoms with Gasteiger partial charge in [-0.1, -0.05) is 30.0 Å². The summed E-state index contributed by atoms with van der Waals surface area (Å²) in [5, 5.41) is 2.36. The van der Waals surface area contributed by atoms with Gasteiger partial charge in [0.25, 0.3) is 5.56 Å². The van der Waals surface area contributed by atoms with E-state index in [2.05, 4.69) is 4.98 Å². The second kappa shape index (κ2) is 8.56. The highest BCUT2D eigenvalue weighted by Crippen LogP contribution is 2.23. The molecular weight excluding hydrogens is 407 g/mol. The molecule has 0 spiro atoms. The minimum atomic E-state index is -4.50. The molecule has 2 aromatic carbocycles. The number of amides is 1. The third kappa shape index (κ3) is 5.08. The number of thioether (sulfide) groups is 1. The summed E-state index contributed by atoms with van der Waals surface area (Å²) in [7, 11) is 1.49. The Morgan fingerprint density at radius 2 is 1.97 bits per heavy atom. The molecule has 1 heterocycles. The molecular formula is C19H16F3N3O3S. The molecule has 3 aromatic rings. The molecule has 0 aliphatic rings. The normalized spacial score (nSPS) is 11.4. The van der Waals surface area contributed by atoms with Crippen molar-refractivity contribution >= 4 is 28.6 Å². The molecule has 0 saturated carbocycles. The lowest BCUT2D eigenvalue weighted by atomic mass is 10.2. The summed E-state index contributed by atoms with van der Waals surface area (Å²) in [6, 6.07) is 13.4. The van der Waals surface area contributed by atoms with E-state index in [-0.39, 0.29) is 16.5 Å². The van der Waals surface area contributed by atoms with Crippen molar-refractivity contribution in [3.8, 4) is 11.4 Å². The van der Waals surface area contributed by atoms with Crippen LogP contribution in [0.4, 0.5) is 13.2 Å². The van der Waals surface area contributed by atoms with Crippen LogP contribution in [0.25, 0.3) is 16.6 Å². The highest BCUT2D eigenvalue weighted by atomic mass is 32.2. The van der Waals surface area contributed by atoms with Gasteiger partial charge < -0.3 is 10.1 Å². The lowest BCUT2D eigenvalue weighted by Crippen LogP contribution is -2.35. The second-order valence-electron chi connectivity index (χ2n) is 5.93. The third-order valence-electron chi connectivity index (χ3n) is 3.87. The van der Waals surface area contributed by atoms with Crippen LogP contribution in [0, 0.1) is 0 Å². The number of halogens is 3. The summed E-state index contributed by atoms with van der Waals surface area (Å²) in [6.45, 7) is -1.42. The summed E-state index contributed by atoms with van der Waals surface area (Å²) in [5.41, 5.74) is 0.530. The van der Waals surface area contributed by atoms with Crippen LogP contribution in [-0.4, -0.2) is 41.0 Å². The third-order valence-corrected chi connectivity index (χ3v) is 4.81. The molecule has 1 aromatic heterocycles. The standard InChI is InChI=1S/C19H16F3N3O3S/c1-28-13-6-4-5-12(9-13)25-17(27)14-7-2-3-8-15(14)24-18(25)29-10-16(26)23-11-19(20,21)22/h2-9H,10-11H2,1H3,(H,23,26). The van der Waals surface area contributed by atoms with Crippen molar-refractivity contribution in [2.45, 2.75) is 11.3 Å². The van der Waals surface area contributed by atoms with Gasteiger partial charge >= 0.3 is 6.18 Å². The van der Waals surface area contributed by atoms with Gasteiger partial charge in [-0.15, -0.1) is 0 Å². The molecule has 1 amide bonds. The number of nitrogens with zero attached hydrogens (tertiary/aromatic N) is 2. The van der Waals surface area contributed by atoms with E-state index in [4.69, 9.17) is 4.74 Å². The summed E-state index contributed by atoms with van der Waals surface area (Å²) in [6.07, 6.45) is -4.50. The van der Waals surface area contributed by atoms with E-state index in [1.807, 2.05) is 0 Å². The van der Waals surface area contributed by atoms with Gasteiger partial charge in [-0.05, 0) is 24.3 Å². The Balaban J connectivity index is 1.99. The van der Waals surface area contributed by atoms with Crippen molar-refractivity contribution in [1.29, 1.82) is 0 Å². The molecule has 10 heteroatoms. The van der Waals surface area contributed by atoms with E-state index in [0.29, 0.717) is 22.3 Å². The molecule has 0 radical (unpaired) electrons. The monoisotopic (exact) mass is 423 g/mol. The lowest BCUT2D eigenvalue weighted by molar-refractivity contribution is -0.136. The van der Waals surface area contributed by atoms with Gasteiger partial charge in [0.05, 0.1) is 29.5 Å². The van der Waals surface area contributed by atoms with E-state index < -0.39 is 18.6 Å². The van der Waals surface area contributed by atoms with Crippen molar-refractivity contribution in [2.24, 2.45) is 0 Å². The number of ether oxygens (including phenoxy) is 1. The first-order chi connectivity index (χ1) is 13.8. The number of carbonyl (C=O) groups excluding carboxylic acids is 1. The van der Waals surface area contributed by atoms with Gasteiger partial charge in [0, 0.05) is 6.07 Å². The highest BCUT2D eigenvalue weighted by Gasteiger charge is 2.27. The second-order valence-corrected chi connectivity index (χ2v) is 6.88. The van der Waals surface area contributed by atoms with Crippen LogP contribution in [0.1, 0.15) is 0 Å². The SMILES string of the molecule is COc1cccc(-n2c(SCC(=O)NCC(F)(F)F)nc3ccccc3c2=O)c1. The van der Waals surface area contributed by atoms with Crippen LogP contribution in [0.2, 0.25) is 0 Å². The van der Waals surface area contributed by atoms with Crippen LogP contribution in [0.3, 0.4) is 0 Å². The minimum absolute atomic E-state index is 0.184. The average molecular weight is 423 g/mol. The number of benzene rings is 2. The smallest absolute Gasteiger partial charge is 0.405 e. The molecule has 3 rings (SSSR count). The van der Waals surface area contributed by atoms with E-state index in [1.165, 1.54) is 11.7 Å². The van der Waals surface area contributed by atoms with Crippen LogP contribution in [-0.2, 0) is 4.79 Å². The fraction of sp³-hybridized carbons (Fsp3) is 0.211. The van der Waals surface area contributed by atoms with Gasteiger partial charge in [0.2, 0.25) is 5.91 Å². The Morgan fingerprint density at radius 3 is 2.69 bits per heavy atom. The molecule has 29 heavy (non-hydrogen) atoms. The number of carbonyl (C=O) groups is 1. The number of aromatic nitrogens is 2. The predicted octanol–water partition coefficient (Wildman–Crippen LogP) is 3.16. The number of methoxy groups -OCH3 is 1. The van der Waals surface area contributed by atoms with Gasteiger partial charge in [-0.25, -0.2) is 4.98 Å². The lowest BCUT2D eigenvalue weighted by Gasteiger charge is -2.14. The molecule has 1 N–H and O–H groups in total. The molecule has 0 aliphatic heterocycles. The number of nitrogens with one attached hydrogen (secondary N) is 1. The predicted molar refractivity (Wildman–Crippen MR) is 104 cm³/mol. The van der Waals surface area contributed by atoms with Crippen LogP contribution in [0.15, 0.2) is 58.5 Å². The van der Waals surface area contributed by atoms with Crippen molar-refractivity contribution in [2.75, 3.05) is 19.4 Å². The molecule has 0 atom stereocenters. The maximum atomic E-state index is 13.1. The van der Waals surface area contributed by atoms with Gasteiger partial charge in [0.15, 0.2) is 5.16 Å². The first-order valence-electron chi connectivity index (χ1n) is 8.41. The van der Waals surface area contributed by atoms with E-state index in [9.17, 15) is 22.8 Å². The molecule has 0 fully saturated rings. The van der Waals surface area contributed by atoms with Crippen molar-refractivity contribution in [3.05, 3.63) is 58.9 Å². The fourth-order valence-electron chi connectivity index (χ4n) is 2.57. The first-order valence-corrected chi connectivity index (χ1v) is 9.39. The quantitative estimate of drug-likeness (QED) is 0.487. The van der Waals surface area contributed by atoms with Crippen LogP contribution < -0.4 is 15.6 Å². The summed E-state index contributed by atoms with van der Waals surface area (Å²) in [4.78, 5) is 29.3. The number of fused-ring (bicyclic) bond motifs is 1. The van der Waals surface area contributed by atoms with Crippen molar-refractivity contribution in [3.63, 3.8) is 0 Å². The Labute approximate surface area is 167 Å². The zero-order valence-electron chi connectivity index (χ0n) is 15.2. The summed E-state index contributed by atoms with van der Waals surface area (Å²) >= 11 is 0.875. The molecule has 6 nitrogen and oxygen atoms in total. The Hall–Kier alpha value is -3.01. The molecule has 0 bridgehead atoms. The number of para-hydroxylation sites is 1. The summed E-state index contributed by atoms with van der Waals surface area (Å²) in [5.74, 6) is -0.626. The van der Waals surface area contributed by atoms with Gasteiger partial charge in [-0.2, -0.15) is 13.2 Å². The minimum Gasteiger partial charge on any atom is -0.497 e. The molecule has 0 aliphatic carbocycles. The zero-order chi connectivity index (χ0) is 21.0. The van der Waals surface area contributed by atoms with E-state index in [1.54, 1.807) is 53.8 Å². The van der Waals surface area contributed by atoms with Gasteiger partial charge in [-0.3, -0.25) is 14.2 Å². The largest absolute Gasteiger partial charge is 0.497 e. The maximum Gasteiger partial charge on any atom is 0.405 e. The summed E-state index contributed by atoms with van der Waals surface area (Å²) < 4.78 is 43.3. The van der Waals surface area contributed by atoms with Crippen molar-refractivity contribution < 1.29 is 22.7 Å². The van der Waals surface area contributed by atoms with Crippen molar-refractivity contribution in [1.82, 2.24) is 14.9 Å². The highest BCUT2D eigenvalue weighted by molar-refractivity contribution is 7.99. The molecule has 0 saturated heterocycles. The Bertz CT molecular complexity index is 1100. The average Bonchev–Trinajstić information content (AvgIpc) is 2.70. The molecule has 152 valence electrons. The number of hydrogen-bond donors (Lipinski definition) is 1. The zero-order valence-corrected chi connectivity index (χ0v) is 16.0. The number of hydrogen-bond acceptors (Lipinski definition) is 5. The number of rotatable bonds is 6. The topological polar surface area (TPSA) is 73.2 Å². The van der Waals surface area contributed by atoms with Crippen LogP contribution in [0.5, 0.6) is 5.75 Å². The maximum absolute atomic E-state index is 13.1. The Kier molecular flexibility index (Phi) is 6.12. The van der Waals surface area contributed by atoms with E-state index in [0.717, 1.165) is 11.8 Å². The van der Waals surface area contributed by atoms with Gasteiger partial charge in [0.1, 0.15) is 12.3 Å².